The standard InChI is InChI=1S/C19H38N4O3S/c1-4-20-18(21-11-7-13-23-12-6-5-8-17(23)2)22-16-19(27(3,24)25)9-14-26-15-10-19/h17H,4-16H2,1-3H3,(H2,20,21,22). The van der Waals surface area contributed by atoms with Crippen LogP contribution in [0.1, 0.15) is 52.4 Å². The maximum Gasteiger partial charge on any atom is 0.191 e. The lowest BCUT2D eigenvalue weighted by Gasteiger charge is -2.34. The molecule has 2 aliphatic rings. The summed E-state index contributed by atoms with van der Waals surface area (Å²) >= 11 is 0. The molecule has 0 aromatic heterocycles. The van der Waals surface area contributed by atoms with Crippen molar-refractivity contribution in [2.75, 3.05) is 52.2 Å². The maximum absolute atomic E-state index is 12.4. The number of guanidine groups is 1. The second-order valence-electron chi connectivity index (χ2n) is 7.92. The van der Waals surface area contributed by atoms with Crippen molar-refractivity contribution >= 4 is 15.8 Å². The highest BCUT2D eigenvalue weighted by Gasteiger charge is 2.42. The minimum atomic E-state index is -3.19. The highest BCUT2D eigenvalue weighted by Crippen LogP contribution is 2.29. The number of sulfone groups is 1. The summed E-state index contributed by atoms with van der Waals surface area (Å²) in [6.07, 6.45) is 7.37. The smallest absolute Gasteiger partial charge is 0.191 e. The van der Waals surface area contributed by atoms with Gasteiger partial charge >= 0.3 is 0 Å². The van der Waals surface area contributed by atoms with Gasteiger partial charge in [0, 0.05) is 45.1 Å². The van der Waals surface area contributed by atoms with Gasteiger partial charge < -0.3 is 20.3 Å². The Balaban J connectivity index is 1.87. The van der Waals surface area contributed by atoms with Crippen molar-refractivity contribution in [3.63, 3.8) is 0 Å². The minimum absolute atomic E-state index is 0.285. The molecule has 1 unspecified atom stereocenters. The Kier molecular flexibility index (Phi) is 8.82. The van der Waals surface area contributed by atoms with E-state index in [0.717, 1.165) is 26.1 Å². The Labute approximate surface area is 165 Å². The molecule has 8 heteroatoms. The summed E-state index contributed by atoms with van der Waals surface area (Å²) in [4.78, 5) is 7.19. The maximum atomic E-state index is 12.4. The molecule has 2 N–H and O–H groups in total. The third-order valence-corrected chi connectivity index (χ3v) is 8.03. The number of ether oxygens (including phenoxy) is 1. The molecule has 27 heavy (non-hydrogen) atoms. The molecule has 2 saturated heterocycles. The molecule has 2 fully saturated rings. The minimum Gasteiger partial charge on any atom is -0.381 e. The molecule has 1 atom stereocenters. The predicted octanol–water partition coefficient (Wildman–Crippen LogP) is 1.40. The van der Waals surface area contributed by atoms with E-state index in [0.29, 0.717) is 38.1 Å². The van der Waals surface area contributed by atoms with Crippen molar-refractivity contribution in [3.05, 3.63) is 0 Å². The van der Waals surface area contributed by atoms with E-state index in [1.54, 1.807) is 0 Å². The molecule has 0 saturated carbocycles. The summed E-state index contributed by atoms with van der Waals surface area (Å²) in [6.45, 7) is 9.49. The van der Waals surface area contributed by atoms with Gasteiger partial charge in [-0.1, -0.05) is 6.42 Å². The molecule has 0 spiro atoms. The Morgan fingerprint density at radius 2 is 2.00 bits per heavy atom. The van der Waals surface area contributed by atoms with Crippen LogP contribution in [0.4, 0.5) is 0 Å². The number of aliphatic imine (C=N–C) groups is 1. The first-order valence-electron chi connectivity index (χ1n) is 10.4. The molecule has 2 heterocycles. The fourth-order valence-electron chi connectivity index (χ4n) is 3.93. The third kappa shape index (κ3) is 6.61. The van der Waals surface area contributed by atoms with Gasteiger partial charge in [0.25, 0.3) is 0 Å². The molecule has 7 nitrogen and oxygen atoms in total. The monoisotopic (exact) mass is 402 g/mol. The topological polar surface area (TPSA) is 83.0 Å². The van der Waals surface area contributed by atoms with E-state index in [2.05, 4.69) is 27.4 Å². The van der Waals surface area contributed by atoms with Gasteiger partial charge in [-0.05, 0) is 52.5 Å². The van der Waals surface area contributed by atoms with E-state index in [1.165, 1.54) is 32.1 Å². The van der Waals surface area contributed by atoms with Crippen molar-refractivity contribution in [1.29, 1.82) is 0 Å². The number of hydrogen-bond donors (Lipinski definition) is 2. The molecule has 2 rings (SSSR count). The summed E-state index contributed by atoms with van der Waals surface area (Å²) in [5.74, 6) is 0.707. The number of hydrogen-bond acceptors (Lipinski definition) is 5. The fourth-order valence-corrected chi connectivity index (χ4v) is 5.14. The Morgan fingerprint density at radius 3 is 2.63 bits per heavy atom. The molecular formula is C19H38N4O3S. The number of nitrogens with one attached hydrogen (secondary N) is 2. The quantitative estimate of drug-likeness (QED) is 0.363. The second kappa shape index (κ2) is 10.6. The SMILES string of the molecule is CCNC(=NCC1(S(C)(=O)=O)CCOCC1)NCCCN1CCCCC1C. The van der Waals surface area contributed by atoms with Gasteiger partial charge in [-0.15, -0.1) is 0 Å². The van der Waals surface area contributed by atoms with E-state index >= 15 is 0 Å². The van der Waals surface area contributed by atoms with E-state index in [1.807, 2.05) is 6.92 Å². The van der Waals surface area contributed by atoms with Crippen LogP contribution in [-0.4, -0.2) is 82.3 Å². The molecule has 0 bridgehead atoms. The molecule has 0 aromatic rings. The Bertz CT molecular complexity index is 574. The second-order valence-corrected chi connectivity index (χ2v) is 10.3. The van der Waals surface area contributed by atoms with Crippen LogP contribution in [0.3, 0.4) is 0 Å². The van der Waals surface area contributed by atoms with E-state index < -0.39 is 14.6 Å². The predicted molar refractivity (Wildman–Crippen MR) is 111 cm³/mol. The van der Waals surface area contributed by atoms with Gasteiger partial charge in [-0.3, -0.25) is 4.99 Å². The van der Waals surface area contributed by atoms with Crippen molar-refractivity contribution in [1.82, 2.24) is 15.5 Å². The molecule has 158 valence electrons. The summed E-state index contributed by atoms with van der Waals surface area (Å²) in [6, 6.07) is 0.684. The number of piperidine rings is 1. The average molecular weight is 403 g/mol. The normalized spacial score (nSPS) is 24.6. The molecule has 0 radical (unpaired) electrons. The zero-order valence-corrected chi connectivity index (χ0v) is 18.1. The highest BCUT2D eigenvalue weighted by atomic mass is 32.2. The van der Waals surface area contributed by atoms with Gasteiger partial charge in [-0.2, -0.15) is 0 Å². The van der Waals surface area contributed by atoms with Crippen LogP contribution in [0.2, 0.25) is 0 Å². The van der Waals surface area contributed by atoms with Gasteiger partial charge in [0.15, 0.2) is 15.8 Å². The van der Waals surface area contributed by atoms with Gasteiger partial charge in [0.1, 0.15) is 0 Å². The molecule has 0 aromatic carbocycles. The zero-order chi connectivity index (χ0) is 19.8. The largest absolute Gasteiger partial charge is 0.381 e. The first-order valence-corrected chi connectivity index (χ1v) is 12.3. The van der Waals surface area contributed by atoms with Crippen LogP contribution in [-0.2, 0) is 14.6 Å². The van der Waals surface area contributed by atoms with E-state index in [-0.39, 0.29) is 6.54 Å². The molecule has 0 aliphatic carbocycles. The fraction of sp³-hybridized carbons (Fsp3) is 0.947. The summed E-state index contributed by atoms with van der Waals surface area (Å²) in [7, 11) is -3.19. The lowest BCUT2D eigenvalue weighted by atomic mass is 9.99. The number of nitrogens with zero attached hydrogens (tertiary/aromatic N) is 2. The van der Waals surface area contributed by atoms with Crippen LogP contribution in [0.15, 0.2) is 4.99 Å². The van der Waals surface area contributed by atoms with Crippen LogP contribution < -0.4 is 10.6 Å². The van der Waals surface area contributed by atoms with Crippen LogP contribution in [0, 0.1) is 0 Å². The first-order chi connectivity index (χ1) is 12.9. The summed E-state index contributed by atoms with van der Waals surface area (Å²) < 4.78 is 29.3. The number of rotatable bonds is 8. The molecule has 0 amide bonds. The van der Waals surface area contributed by atoms with Crippen LogP contribution >= 0.6 is 0 Å². The van der Waals surface area contributed by atoms with Crippen molar-refractivity contribution in [2.24, 2.45) is 4.99 Å². The van der Waals surface area contributed by atoms with E-state index in [9.17, 15) is 8.42 Å². The van der Waals surface area contributed by atoms with Gasteiger partial charge in [-0.25, -0.2) is 8.42 Å². The molecular weight excluding hydrogens is 364 g/mol. The van der Waals surface area contributed by atoms with Crippen LogP contribution in [0.5, 0.6) is 0 Å². The lowest BCUT2D eigenvalue weighted by molar-refractivity contribution is 0.0768. The third-order valence-electron chi connectivity index (χ3n) is 5.92. The zero-order valence-electron chi connectivity index (χ0n) is 17.3. The van der Waals surface area contributed by atoms with Crippen molar-refractivity contribution in [2.45, 2.75) is 63.2 Å². The van der Waals surface area contributed by atoms with E-state index in [4.69, 9.17) is 4.74 Å². The van der Waals surface area contributed by atoms with Crippen molar-refractivity contribution in [3.8, 4) is 0 Å². The molecule has 2 aliphatic heterocycles. The van der Waals surface area contributed by atoms with Crippen LogP contribution in [0.25, 0.3) is 0 Å². The van der Waals surface area contributed by atoms with Gasteiger partial charge in [0.2, 0.25) is 0 Å². The Morgan fingerprint density at radius 1 is 1.26 bits per heavy atom. The number of likely N-dealkylation sites (tertiary alicyclic amines) is 1. The summed E-state index contributed by atoms with van der Waals surface area (Å²) in [5, 5.41) is 6.61. The lowest BCUT2D eigenvalue weighted by Crippen LogP contribution is -2.47. The van der Waals surface area contributed by atoms with Gasteiger partial charge in [0.05, 0.1) is 11.3 Å². The Hall–Kier alpha value is -0.860. The highest BCUT2D eigenvalue weighted by molar-refractivity contribution is 7.92. The van der Waals surface area contributed by atoms with Crippen molar-refractivity contribution < 1.29 is 13.2 Å². The first kappa shape index (κ1) is 22.4. The average Bonchev–Trinajstić information content (AvgIpc) is 2.64. The summed E-state index contributed by atoms with van der Waals surface area (Å²) in [5.41, 5.74) is 0.